The van der Waals surface area contributed by atoms with Gasteiger partial charge in [-0.3, -0.25) is 10.00 Å². The van der Waals surface area contributed by atoms with Gasteiger partial charge in [0.25, 0.3) is 0 Å². The molecular weight excluding hydrogens is 242 g/mol. The van der Waals surface area contributed by atoms with Gasteiger partial charge in [0.15, 0.2) is 0 Å². The molecule has 19 heavy (non-hydrogen) atoms. The number of aromatic amines is 2. The van der Waals surface area contributed by atoms with Gasteiger partial charge in [-0.05, 0) is 19.4 Å². The van der Waals surface area contributed by atoms with Gasteiger partial charge in [0.05, 0.1) is 18.1 Å². The number of β-amino-alcohol motifs (C(OH)–C–C–N with tert-alkyl or cyclic N) is 1. The van der Waals surface area contributed by atoms with Crippen molar-refractivity contribution >= 4 is 0 Å². The van der Waals surface area contributed by atoms with Crippen molar-refractivity contribution in [3.05, 3.63) is 35.7 Å². The number of hydrogen-bond acceptors (Lipinski definition) is 4. The molecule has 0 spiro atoms. The average molecular weight is 261 g/mol. The molecule has 3 rings (SSSR count). The Hall–Kier alpha value is -1.66. The summed E-state index contributed by atoms with van der Waals surface area (Å²) in [6.45, 7) is 4.42. The van der Waals surface area contributed by atoms with Crippen molar-refractivity contribution in [3.63, 3.8) is 0 Å². The van der Waals surface area contributed by atoms with E-state index in [0.29, 0.717) is 6.54 Å². The number of H-pyrrole nitrogens is 2. The molecule has 0 saturated carbocycles. The summed E-state index contributed by atoms with van der Waals surface area (Å²) in [4.78, 5) is 9.36. The fourth-order valence-corrected chi connectivity index (χ4v) is 2.73. The first-order valence-electron chi connectivity index (χ1n) is 6.59. The third-order valence-corrected chi connectivity index (χ3v) is 3.66. The van der Waals surface area contributed by atoms with E-state index in [4.69, 9.17) is 0 Å². The Morgan fingerprint density at radius 3 is 3.05 bits per heavy atom. The van der Waals surface area contributed by atoms with E-state index in [0.717, 1.165) is 36.6 Å². The molecule has 2 aromatic heterocycles. The van der Waals surface area contributed by atoms with E-state index in [-0.39, 0.29) is 12.0 Å². The van der Waals surface area contributed by atoms with E-state index in [1.807, 2.05) is 19.2 Å². The molecule has 3 heterocycles. The Labute approximate surface area is 111 Å². The van der Waals surface area contributed by atoms with Crippen molar-refractivity contribution in [1.29, 1.82) is 0 Å². The van der Waals surface area contributed by atoms with Crippen molar-refractivity contribution in [2.24, 2.45) is 5.92 Å². The molecule has 2 atom stereocenters. The number of aromatic nitrogens is 4. The van der Waals surface area contributed by atoms with Crippen molar-refractivity contribution in [1.82, 2.24) is 25.1 Å². The van der Waals surface area contributed by atoms with Crippen molar-refractivity contribution in [2.75, 3.05) is 13.1 Å². The van der Waals surface area contributed by atoms with Gasteiger partial charge in [0, 0.05) is 43.1 Å². The minimum atomic E-state index is -0.278. The lowest BCUT2D eigenvalue weighted by molar-refractivity contribution is 0.140. The van der Waals surface area contributed by atoms with Gasteiger partial charge in [0.2, 0.25) is 0 Å². The quantitative estimate of drug-likeness (QED) is 0.747. The van der Waals surface area contributed by atoms with Gasteiger partial charge >= 0.3 is 0 Å². The van der Waals surface area contributed by atoms with Crippen LogP contribution < -0.4 is 0 Å². The molecule has 0 radical (unpaired) electrons. The fourth-order valence-electron chi connectivity index (χ4n) is 2.73. The third kappa shape index (κ3) is 2.85. The Balaban J connectivity index is 1.59. The third-order valence-electron chi connectivity index (χ3n) is 3.66. The van der Waals surface area contributed by atoms with Crippen LogP contribution in [-0.2, 0) is 13.0 Å². The van der Waals surface area contributed by atoms with Crippen LogP contribution in [0.2, 0.25) is 0 Å². The monoisotopic (exact) mass is 261 g/mol. The maximum atomic E-state index is 10.2. The average Bonchev–Trinajstić information content (AvgIpc) is 3.06. The van der Waals surface area contributed by atoms with E-state index < -0.39 is 0 Å². The van der Waals surface area contributed by atoms with Crippen LogP contribution in [0.1, 0.15) is 17.1 Å². The minimum absolute atomic E-state index is 0.255. The van der Waals surface area contributed by atoms with Gasteiger partial charge in [-0.15, -0.1) is 0 Å². The van der Waals surface area contributed by atoms with Crippen LogP contribution in [0.3, 0.4) is 0 Å². The van der Waals surface area contributed by atoms with Gasteiger partial charge in [-0.2, -0.15) is 5.10 Å². The Morgan fingerprint density at radius 2 is 2.37 bits per heavy atom. The second-order valence-electron chi connectivity index (χ2n) is 5.34. The summed E-state index contributed by atoms with van der Waals surface area (Å²) in [5, 5.41) is 17.3. The van der Waals surface area contributed by atoms with E-state index in [2.05, 4.69) is 25.1 Å². The minimum Gasteiger partial charge on any atom is -0.391 e. The summed E-state index contributed by atoms with van der Waals surface area (Å²) in [5.74, 6) is 0.255. The number of nitrogens with zero attached hydrogens (tertiary/aromatic N) is 3. The first kappa shape index (κ1) is 12.4. The molecule has 0 unspecified atom stereocenters. The zero-order chi connectivity index (χ0) is 13.2. The number of aliphatic hydroxyl groups excluding tert-OH is 1. The molecule has 6 nitrogen and oxygen atoms in total. The van der Waals surface area contributed by atoms with Gasteiger partial charge in [-0.1, -0.05) is 0 Å². The molecule has 1 aliphatic rings. The number of likely N-dealkylation sites (tertiary alicyclic amines) is 1. The lowest BCUT2D eigenvalue weighted by Gasteiger charge is -2.13. The second kappa shape index (κ2) is 5.14. The molecule has 0 bridgehead atoms. The van der Waals surface area contributed by atoms with Crippen LogP contribution in [0.4, 0.5) is 0 Å². The Kier molecular flexibility index (Phi) is 3.35. The predicted octanol–water partition coefficient (Wildman–Crippen LogP) is 0.477. The summed E-state index contributed by atoms with van der Waals surface area (Å²) in [6.07, 6.45) is 4.06. The summed E-state index contributed by atoms with van der Waals surface area (Å²) in [5.41, 5.74) is 3.19. The molecule has 1 saturated heterocycles. The molecular formula is C13H19N5O. The number of aliphatic hydroxyl groups is 1. The van der Waals surface area contributed by atoms with Gasteiger partial charge < -0.3 is 10.1 Å². The molecule has 1 aliphatic heterocycles. The number of aryl methyl sites for hydroxylation is 1. The predicted molar refractivity (Wildman–Crippen MR) is 70.4 cm³/mol. The van der Waals surface area contributed by atoms with Crippen LogP contribution in [0, 0.1) is 12.8 Å². The topological polar surface area (TPSA) is 80.8 Å². The normalized spacial score (nSPS) is 24.1. The molecule has 0 aromatic carbocycles. The Morgan fingerprint density at radius 1 is 1.47 bits per heavy atom. The highest BCUT2D eigenvalue weighted by Gasteiger charge is 2.31. The van der Waals surface area contributed by atoms with Gasteiger partial charge in [0.1, 0.15) is 0 Å². The zero-order valence-corrected chi connectivity index (χ0v) is 11.0. The van der Waals surface area contributed by atoms with Crippen LogP contribution in [0.15, 0.2) is 18.6 Å². The largest absolute Gasteiger partial charge is 0.391 e. The lowest BCUT2D eigenvalue weighted by Crippen LogP contribution is -2.21. The van der Waals surface area contributed by atoms with Crippen molar-refractivity contribution < 1.29 is 5.11 Å². The standard InChI is InChI=1S/C13H19N5O/c1-9-2-11(17-16-9)3-10-5-18(7-13(10)19)6-12-4-14-8-15-12/h2,4,8,10,13,19H,3,5-7H2,1H3,(H,14,15)(H,16,17)/t10-,13-/m1/s1. The van der Waals surface area contributed by atoms with E-state index in [1.165, 1.54) is 0 Å². The molecule has 102 valence electrons. The molecule has 2 aromatic rings. The lowest BCUT2D eigenvalue weighted by atomic mass is 10.0. The van der Waals surface area contributed by atoms with Crippen molar-refractivity contribution in [2.45, 2.75) is 26.0 Å². The van der Waals surface area contributed by atoms with E-state index in [9.17, 15) is 5.11 Å². The summed E-state index contributed by atoms with van der Waals surface area (Å²) in [6, 6.07) is 2.05. The summed E-state index contributed by atoms with van der Waals surface area (Å²) >= 11 is 0. The van der Waals surface area contributed by atoms with Gasteiger partial charge in [-0.25, -0.2) is 4.98 Å². The number of imidazole rings is 1. The zero-order valence-electron chi connectivity index (χ0n) is 11.0. The van der Waals surface area contributed by atoms with Crippen LogP contribution in [0.5, 0.6) is 0 Å². The maximum absolute atomic E-state index is 10.2. The second-order valence-corrected chi connectivity index (χ2v) is 5.34. The smallest absolute Gasteiger partial charge is 0.0922 e. The SMILES string of the molecule is Cc1cc(C[C@@H]2CN(Cc3cnc[nH]3)C[C@H]2O)n[nH]1. The van der Waals surface area contributed by atoms with Crippen LogP contribution >= 0.6 is 0 Å². The Bertz CT molecular complexity index is 521. The van der Waals surface area contributed by atoms with Crippen LogP contribution in [0.25, 0.3) is 0 Å². The summed E-state index contributed by atoms with van der Waals surface area (Å²) in [7, 11) is 0. The highest BCUT2D eigenvalue weighted by Crippen LogP contribution is 2.22. The number of rotatable bonds is 4. The molecule has 1 fully saturated rings. The molecule has 3 N–H and O–H groups in total. The summed E-state index contributed by atoms with van der Waals surface area (Å²) < 4.78 is 0. The molecule has 0 aliphatic carbocycles. The van der Waals surface area contributed by atoms with Crippen LogP contribution in [-0.4, -0.2) is 49.4 Å². The molecule has 6 heteroatoms. The highest BCUT2D eigenvalue weighted by molar-refractivity contribution is 5.09. The number of hydrogen-bond donors (Lipinski definition) is 3. The van der Waals surface area contributed by atoms with E-state index >= 15 is 0 Å². The highest BCUT2D eigenvalue weighted by atomic mass is 16.3. The first-order chi connectivity index (χ1) is 9.20. The fraction of sp³-hybridized carbons (Fsp3) is 0.538. The maximum Gasteiger partial charge on any atom is 0.0922 e. The van der Waals surface area contributed by atoms with E-state index in [1.54, 1.807) is 6.33 Å². The molecule has 0 amide bonds. The van der Waals surface area contributed by atoms with Crippen molar-refractivity contribution in [3.8, 4) is 0 Å². The first-order valence-corrected chi connectivity index (χ1v) is 6.59. The number of nitrogens with one attached hydrogen (secondary N) is 2.